The summed E-state index contributed by atoms with van der Waals surface area (Å²) in [4.78, 5) is 47.5. The Bertz CT molecular complexity index is 1850. The summed E-state index contributed by atoms with van der Waals surface area (Å²) in [6, 6.07) is 27.5. The molecule has 0 saturated carbocycles. The normalized spacial score (nSPS) is 13.5. The van der Waals surface area contributed by atoms with Crippen molar-refractivity contribution < 1.29 is 14.5 Å². The zero-order valence-corrected chi connectivity index (χ0v) is 26.2. The number of hydrogen-bond acceptors (Lipinski definition) is 9. The van der Waals surface area contributed by atoms with Gasteiger partial charge in [-0.25, -0.2) is 4.68 Å². The molecule has 1 aliphatic heterocycles. The highest BCUT2D eigenvalue weighted by atomic mass is 16.6. The van der Waals surface area contributed by atoms with Gasteiger partial charge in [0.25, 0.3) is 0 Å². The van der Waals surface area contributed by atoms with E-state index in [1.54, 1.807) is 53.2 Å². The van der Waals surface area contributed by atoms with Gasteiger partial charge in [0.2, 0.25) is 23.2 Å². The average Bonchev–Trinajstić information content (AvgIpc) is 3.71. The SMILES string of the molecule is CCc1nc([N+](=O)[O-])c(N2CCN(CCCn3nnc(C(=O)c4ccccc4)c3C(=O)c3ccccc3)CC2)n1Cc1ccccc1. The fraction of sp³-hybridized carbons (Fsp3) is 0.286. The summed E-state index contributed by atoms with van der Waals surface area (Å²) in [5.74, 6) is 0.492. The molecule has 47 heavy (non-hydrogen) atoms. The second-order valence-corrected chi connectivity index (χ2v) is 11.4. The minimum absolute atomic E-state index is 0.0406. The van der Waals surface area contributed by atoms with Crippen molar-refractivity contribution in [1.82, 2.24) is 29.4 Å². The van der Waals surface area contributed by atoms with Gasteiger partial charge in [-0.15, -0.1) is 5.10 Å². The van der Waals surface area contributed by atoms with Gasteiger partial charge < -0.3 is 15.0 Å². The lowest BCUT2D eigenvalue weighted by Gasteiger charge is -2.35. The number of piperazine rings is 1. The molecule has 0 amide bonds. The van der Waals surface area contributed by atoms with E-state index in [1.165, 1.54) is 0 Å². The number of carbonyl (C=O) groups is 2. The number of aromatic nitrogens is 5. The monoisotopic (exact) mass is 632 g/mol. The first-order valence-corrected chi connectivity index (χ1v) is 15.8. The largest absolute Gasteiger partial charge is 0.406 e. The molecule has 1 aliphatic rings. The predicted molar refractivity (Wildman–Crippen MR) is 177 cm³/mol. The van der Waals surface area contributed by atoms with E-state index >= 15 is 0 Å². The Morgan fingerprint density at radius 1 is 0.809 bits per heavy atom. The second-order valence-electron chi connectivity index (χ2n) is 11.4. The van der Waals surface area contributed by atoms with E-state index in [0.717, 1.165) is 12.1 Å². The molecule has 12 heteroatoms. The van der Waals surface area contributed by atoms with Crippen molar-refractivity contribution >= 4 is 23.2 Å². The minimum atomic E-state index is -0.383. The van der Waals surface area contributed by atoms with Crippen LogP contribution in [-0.4, -0.2) is 78.7 Å². The number of carbonyl (C=O) groups excluding carboxylic acids is 2. The predicted octanol–water partition coefficient (Wildman–Crippen LogP) is 4.67. The number of benzene rings is 3. The van der Waals surface area contributed by atoms with Crippen molar-refractivity contribution in [2.24, 2.45) is 0 Å². The third-order valence-corrected chi connectivity index (χ3v) is 8.43. The Morgan fingerprint density at radius 2 is 1.40 bits per heavy atom. The van der Waals surface area contributed by atoms with Gasteiger partial charge in [0.05, 0.1) is 6.54 Å². The van der Waals surface area contributed by atoms with E-state index in [4.69, 9.17) is 0 Å². The smallest absolute Gasteiger partial charge is 0.358 e. The Balaban J connectivity index is 1.14. The van der Waals surface area contributed by atoms with Gasteiger partial charge in [-0.1, -0.05) is 103 Å². The Kier molecular flexibility index (Phi) is 9.58. The van der Waals surface area contributed by atoms with Gasteiger partial charge in [0, 0.05) is 56.8 Å². The van der Waals surface area contributed by atoms with Gasteiger partial charge in [0.15, 0.2) is 5.69 Å². The van der Waals surface area contributed by atoms with Crippen LogP contribution < -0.4 is 4.90 Å². The lowest BCUT2D eigenvalue weighted by molar-refractivity contribution is -0.388. The van der Waals surface area contributed by atoms with Crippen LogP contribution in [0, 0.1) is 10.1 Å². The highest BCUT2D eigenvalue weighted by Crippen LogP contribution is 2.31. The zero-order chi connectivity index (χ0) is 32.8. The molecule has 0 spiro atoms. The lowest BCUT2D eigenvalue weighted by Crippen LogP contribution is -2.47. The summed E-state index contributed by atoms with van der Waals surface area (Å²) < 4.78 is 3.52. The van der Waals surface area contributed by atoms with E-state index in [0.29, 0.717) is 74.9 Å². The van der Waals surface area contributed by atoms with E-state index in [2.05, 4.69) is 25.1 Å². The number of nitrogens with zero attached hydrogens (tertiary/aromatic N) is 8. The van der Waals surface area contributed by atoms with Crippen LogP contribution in [0.5, 0.6) is 0 Å². The van der Waals surface area contributed by atoms with E-state index in [1.807, 2.05) is 54.0 Å². The Morgan fingerprint density at radius 3 is 2.00 bits per heavy atom. The maximum absolute atomic E-state index is 13.6. The molecule has 3 heterocycles. The molecule has 0 N–H and O–H groups in total. The molecule has 1 fully saturated rings. The maximum atomic E-state index is 13.6. The summed E-state index contributed by atoms with van der Waals surface area (Å²) in [5.41, 5.74) is 2.18. The second kappa shape index (κ2) is 14.3. The van der Waals surface area contributed by atoms with Crippen LogP contribution in [0.15, 0.2) is 91.0 Å². The van der Waals surface area contributed by atoms with Crippen molar-refractivity contribution in [3.05, 3.63) is 135 Å². The van der Waals surface area contributed by atoms with Crippen LogP contribution >= 0.6 is 0 Å². The van der Waals surface area contributed by atoms with E-state index in [9.17, 15) is 19.7 Å². The van der Waals surface area contributed by atoms with Crippen molar-refractivity contribution in [1.29, 1.82) is 0 Å². The lowest BCUT2D eigenvalue weighted by atomic mass is 10.0. The molecule has 6 rings (SSSR count). The van der Waals surface area contributed by atoms with Gasteiger partial charge in [-0.05, 0) is 21.9 Å². The van der Waals surface area contributed by atoms with Crippen molar-refractivity contribution in [2.75, 3.05) is 37.6 Å². The fourth-order valence-corrected chi connectivity index (χ4v) is 6.04. The molecule has 3 aromatic carbocycles. The van der Waals surface area contributed by atoms with Crippen LogP contribution in [0.1, 0.15) is 56.8 Å². The molecular formula is C35H36N8O4. The molecule has 0 aliphatic carbocycles. The van der Waals surface area contributed by atoms with E-state index in [-0.39, 0.29) is 33.7 Å². The van der Waals surface area contributed by atoms with Crippen LogP contribution in [0.4, 0.5) is 11.6 Å². The quantitative estimate of drug-likeness (QED) is 0.103. The topological polar surface area (TPSA) is 132 Å². The van der Waals surface area contributed by atoms with Crippen LogP contribution in [0.25, 0.3) is 0 Å². The van der Waals surface area contributed by atoms with Gasteiger partial charge in [0.1, 0.15) is 5.69 Å². The minimum Gasteiger partial charge on any atom is -0.358 e. The number of aryl methyl sites for hydroxylation is 2. The summed E-state index contributed by atoms with van der Waals surface area (Å²) in [5, 5.41) is 20.5. The van der Waals surface area contributed by atoms with Crippen LogP contribution in [0.2, 0.25) is 0 Å². The van der Waals surface area contributed by atoms with Gasteiger partial charge in [-0.3, -0.25) is 19.1 Å². The molecule has 5 aromatic rings. The average molecular weight is 633 g/mol. The first-order chi connectivity index (χ1) is 22.9. The molecule has 0 atom stereocenters. The van der Waals surface area contributed by atoms with E-state index < -0.39 is 0 Å². The molecule has 1 saturated heterocycles. The Labute approximate surface area is 272 Å². The summed E-state index contributed by atoms with van der Waals surface area (Å²) in [6.07, 6.45) is 1.26. The third kappa shape index (κ3) is 6.87. The standard InChI is InChI=1S/C35H36N8O4/c1-2-29-36-34(43(46)47)35(41(29)25-26-13-6-3-7-14-26)40-23-21-39(22-24-40)19-12-20-42-31(33(45)28-17-10-5-11-18-28)30(37-38-42)32(44)27-15-8-4-9-16-27/h3-11,13-18H,2,12,19-25H2,1H3. The molecule has 240 valence electrons. The Hall–Kier alpha value is -5.49. The number of hydrogen-bond donors (Lipinski definition) is 0. The molecule has 2 aromatic heterocycles. The third-order valence-electron chi connectivity index (χ3n) is 8.43. The van der Waals surface area contributed by atoms with Crippen molar-refractivity contribution in [2.45, 2.75) is 32.9 Å². The van der Waals surface area contributed by atoms with Gasteiger partial charge >= 0.3 is 5.82 Å². The molecule has 0 unspecified atom stereocenters. The number of rotatable bonds is 13. The number of nitro groups is 1. The summed E-state index contributed by atoms with van der Waals surface area (Å²) in [7, 11) is 0. The molecule has 12 nitrogen and oxygen atoms in total. The van der Waals surface area contributed by atoms with Crippen LogP contribution in [-0.2, 0) is 19.5 Å². The number of ketones is 2. The highest BCUT2D eigenvalue weighted by Gasteiger charge is 2.33. The van der Waals surface area contributed by atoms with Crippen molar-refractivity contribution in [3.63, 3.8) is 0 Å². The first kappa shape index (κ1) is 31.5. The zero-order valence-electron chi connectivity index (χ0n) is 26.2. The number of imidazole rings is 1. The van der Waals surface area contributed by atoms with Gasteiger partial charge in [-0.2, -0.15) is 0 Å². The van der Waals surface area contributed by atoms with Crippen LogP contribution in [0.3, 0.4) is 0 Å². The summed E-state index contributed by atoms with van der Waals surface area (Å²) in [6.45, 7) is 6.24. The molecule has 0 radical (unpaired) electrons. The molecular weight excluding hydrogens is 596 g/mol. The fourth-order valence-electron chi connectivity index (χ4n) is 6.04. The molecule has 0 bridgehead atoms. The summed E-state index contributed by atoms with van der Waals surface area (Å²) >= 11 is 0. The first-order valence-electron chi connectivity index (χ1n) is 15.8. The highest BCUT2D eigenvalue weighted by molar-refractivity contribution is 6.17. The van der Waals surface area contributed by atoms with Crippen molar-refractivity contribution in [3.8, 4) is 0 Å². The number of anilines is 1. The maximum Gasteiger partial charge on any atom is 0.406 e.